The molecule has 0 atom stereocenters. The van der Waals surface area contributed by atoms with Gasteiger partial charge in [-0.1, -0.05) is 48.5 Å². The molecule has 0 radical (unpaired) electrons. The number of aromatic nitrogens is 3. The molecule has 2 aromatic heterocycles. The molecule has 0 saturated heterocycles. The van der Waals surface area contributed by atoms with Gasteiger partial charge in [-0.05, 0) is 77.4 Å². The maximum absolute atomic E-state index is 5.55. The van der Waals surface area contributed by atoms with Gasteiger partial charge in [0.1, 0.15) is 11.5 Å². The lowest BCUT2D eigenvalue weighted by molar-refractivity contribution is 0.414. The average molecular weight is 508 g/mol. The van der Waals surface area contributed by atoms with Gasteiger partial charge in [0.05, 0.1) is 25.3 Å². The Bertz CT molecular complexity index is 1550. The zero-order valence-electron chi connectivity index (χ0n) is 20.4. The fourth-order valence-electron chi connectivity index (χ4n) is 3.91. The van der Waals surface area contributed by atoms with Crippen molar-refractivity contribution in [1.82, 2.24) is 15.2 Å². The lowest BCUT2D eigenvalue weighted by atomic mass is 10.0. The van der Waals surface area contributed by atoms with Crippen molar-refractivity contribution in [3.05, 3.63) is 96.2 Å². The van der Waals surface area contributed by atoms with E-state index >= 15 is 0 Å². The van der Waals surface area contributed by atoms with E-state index < -0.39 is 0 Å². The number of rotatable bonds is 7. The summed E-state index contributed by atoms with van der Waals surface area (Å²) in [5.74, 6) is 2.19. The van der Waals surface area contributed by atoms with Crippen molar-refractivity contribution in [3.63, 3.8) is 0 Å². The highest BCUT2D eigenvalue weighted by Crippen LogP contribution is 2.34. The molecule has 37 heavy (non-hydrogen) atoms. The third-order valence-corrected chi connectivity index (χ3v) is 5.98. The van der Waals surface area contributed by atoms with Crippen molar-refractivity contribution in [1.29, 1.82) is 0 Å². The maximum Gasteiger partial charge on any atom is 0.176 e. The zero-order valence-corrected chi connectivity index (χ0v) is 21.2. The minimum Gasteiger partial charge on any atom is -0.497 e. The highest BCUT2D eigenvalue weighted by Gasteiger charge is 2.16. The Balaban J connectivity index is 1.51. The number of benzene rings is 3. The van der Waals surface area contributed by atoms with Gasteiger partial charge in [0.15, 0.2) is 16.6 Å². The largest absolute Gasteiger partial charge is 0.497 e. The second kappa shape index (κ2) is 10.9. The first kappa shape index (κ1) is 24.0. The summed E-state index contributed by atoms with van der Waals surface area (Å²) in [6.07, 6.45) is 3.99. The van der Waals surface area contributed by atoms with Gasteiger partial charge in [-0.15, -0.1) is 0 Å². The van der Waals surface area contributed by atoms with Gasteiger partial charge >= 0.3 is 0 Å². The van der Waals surface area contributed by atoms with Gasteiger partial charge in [0.25, 0.3) is 0 Å². The van der Waals surface area contributed by atoms with E-state index in [1.165, 1.54) is 0 Å². The zero-order chi connectivity index (χ0) is 25.6. The van der Waals surface area contributed by atoms with E-state index in [0.29, 0.717) is 16.6 Å². The molecular formula is C29H25N5O2S. The third kappa shape index (κ3) is 5.60. The highest BCUT2D eigenvalue weighted by molar-refractivity contribution is 7.80. The molecule has 0 aliphatic heterocycles. The summed E-state index contributed by atoms with van der Waals surface area (Å²) in [6.45, 7) is 0. The standard InChI is InChI=1S/C29H25N5O2S/c1-35-23-14-9-19(10-15-23)8-13-22-18-25(20-11-16-24(36-2)17-12-20)26-27(30-22)33-34-28(26)32-29(37)31-21-6-4-3-5-7-21/h3-18H,1-2H3,(H3,30,31,32,33,34,37)/b13-8+. The van der Waals surface area contributed by atoms with Crippen molar-refractivity contribution in [3.8, 4) is 22.6 Å². The number of aromatic amines is 1. The van der Waals surface area contributed by atoms with E-state index in [0.717, 1.165) is 45.0 Å². The van der Waals surface area contributed by atoms with Crippen LogP contribution in [-0.4, -0.2) is 34.5 Å². The number of nitrogens with zero attached hydrogens (tertiary/aromatic N) is 2. The number of para-hydroxylation sites is 1. The molecule has 0 unspecified atom stereocenters. The number of thiocarbonyl (C=S) groups is 1. The molecule has 0 fully saturated rings. The van der Waals surface area contributed by atoms with Crippen LogP contribution in [0, 0.1) is 0 Å². The summed E-state index contributed by atoms with van der Waals surface area (Å²) in [5.41, 5.74) is 5.32. The van der Waals surface area contributed by atoms with Gasteiger partial charge < -0.3 is 20.1 Å². The summed E-state index contributed by atoms with van der Waals surface area (Å²) in [7, 11) is 3.31. The molecule has 0 spiro atoms. The van der Waals surface area contributed by atoms with Crippen LogP contribution in [-0.2, 0) is 0 Å². The topological polar surface area (TPSA) is 84.1 Å². The fourth-order valence-corrected chi connectivity index (χ4v) is 4.13. The van der Waals surface area contributed by atoms with Crippen LogP contribution in [0.4, 0.5) is 11.5 Å². The quantitative estimate of drug-likeness (QED) is 0.213. The van der Waals surface area contributed by atoms with Gasteiger partial charge in [-0.25, -0.2) is 4.98 Å². The molecule has 8 heteroatoms. The van der Waals surface area contributed by atoms with Crippen molar-refractivity contribution in [2.45, 2.75) is 0 Å². The number of methoxy groups -OCH3 is 2. The second-order valence-electron chi connectivity index (χ2n) is 8.17. The number of hydrogen-bond acceptors (Lipinski definition) is 5. The van der Waals surface area contributed by atoms with Crippen molar-refractivity contribution in [2.75, 3.05) is 24.9 Å². The Morgan fingerprint density at radius 2 is 1.51 bits per heavy atom. The number of anilines is 2. The minimum absolute atomic E-state index is 0.434. The summed E-state index contributed by atoms with van der Waals surface area (Å²) < 4.78 is 10.6. The monoisotopic (exact) mass is 507 g/mol. The van der Waals surface area contributed by atoms with Crippen LogP contribution < -0.4 is 20.1 Å². The van der Waals surface area contributed by atoms with E-state index in [4.69, 9.17) is 26.7 Å². The van der Waals surface area contributed by atoms with Crippen molar-refractivity contribution < 1.29 is 9.47 Å². The number of ether oxygens (including phenoxy) is 2. The number of hydrogen-bond donors (Lipinski definition) is 3. The van der Waals surface area contributed by atoms with Crippen LogP contribution in [0.25, 0.3) is 34.3 Å². The van der Waals surface area contributed by atoms with E-state index in [1.807, 2.05) is 97.1 Å². The molecule has 0 bridgehead atoms. The number of pyridine rings is 1. The highest BCUT2D eigenvalue weighted by atomic mass is 32.1. The molecule has 0 amide bonds. The number of fused-ring (bicyclic) bond motifs is 1. The van der Waals surface area contributed by atoms with Crippen LogP contribution in [0.15, 0.2) is 84.9 Å². The predicted octanol–water partition coefficient (Wildman–Crippen LogP) is 6.62. The van der Waals surface area contributed by atoms with E-state index in [2.05, 4.69) is 20.8 Å². The molecule has 0 aliphatic carbocycles. The molecule has 3 aromatic carbocycles. The lowest BCUT2D eigenvalue weighted by Crippen LogP contribution is -2.19. The normalized spacial score (nSPS) is 11.0. The van der Waals surface area contributed by atoms with Crippen LogP contribution >= 0.6 is 12.2 Å². The fraction of sp³-hybridized carbons (Fsp3) is 0.0690. The molecule has 5 aromatic rings. The Hall–Kier alpha value is -4.69. The maximum atomic E-state index is 5.55. The Labute approximate surface area is 220 Å². The van der Waals surface area contributed by atoms with Crippen molar-refractivity contribution >= 4 is 52.0 Å². The summed E-state index contributed by atoms with van der Waals surface area (Å²) >= 11 is 5.55. The van der Waals surface area contributed by atoms with Gasteiger partial charge in [-0.3, -0.25) is 5.10 Å². The van der Waals surface area contributed by atoms with Crippen LogP contribution in [0.2, 0.25) is 0 Å². The van der Waals surface area contributed by atoms with Gasteiger partial charge in [-0.2, -0.15) is 5.10 Å². The molecule has 2 heterocycles. The van der Waals surface area contributed by atoms with E-state index in [1.54, 1.807) is 14.2 Å². The SMILES string of the molecule is COc1ccc(/C=C/c2cc(-c3ccc(OC)cc3)c3c(NC(=S)Nc4ccccc4)n[nH]c3n2)cc1. The van der Waals surface area contributed by atoms with Crippen LogP contribution in [0.3, 0.4) is 0 Å². The molecule has 0 aliphatic rings. The first-order valence-electron chi connectivity index (χ1n) is 11.6. The second-order valence-corrected chi connectivity index (χ2v) is 8.58. The number of H-pyrrole nitrogens is 1. The average Bonchev–Trinajstić information content (AvgIpc) is 3.34. The van der Waals surface area contributed by atoms with Crippen LogP contribution in [0.1, 0.15) is 11.3 Å². The first-order valence-corrected chi connectivity index (χ1v) is 12.0. The van der Waals surface area contributed by atoms with Crippen LogP contribution in [0.5, 0.6) is 11.5 Å². The summed E-state index contributed by atoms with van der Waals surface area (Å²) in [6, 6.07) is 27.5. The minimum atomic E-state index is 0.434. The van der Waals surface area contributed by atoms with Crippen molar-refractivity contribution in [2.24, 2.45) is 0 Å². The molecule has 0 saturated carbocycles. The Morgan fingerprint density at radius 1 is 0.838 bits per heavy atom. The smallest absolute Gasteiger partial charge is 0.176 e. The third-order valence-electron chi connectivity index (χ3n) is 5.78. The van der Waals surface area contributed by atoms with E-state index in [-0.39, 0.29) is 0 Å². The number of nitrogens with one attached hydrogen (secondary N) is 3. The molecule has 184 valence electrons. The predicted molar refractivity (Wildman–Crippen MR) is 154 cm³/mol. The summed E-state index contributed by atoms with van der Waals surface area (Å²) in [4.78, 5) is 4.80. The molecule has 5 rings (SSSR count). The summed E-state index contributed by atoms with van der Waals surface area (Å²) in [5, 5.41) is 15.2. The lowest BCUT2D eigenvalue weighted by Gasteiger charge is -2.11. The first-order chi connectivity index (χ1) is 18.1. The molecule has 3 N–H and O–H groups in total. The Morgan fingerprint density at radius 3 is 2.19 bits per heavy atom. The molecule has 7 nitrogen and oxygen atoms in total. The Kier molecular flexibility index (Phi) is 7.09. The van der Waals surface area contributed by atoms with E-state index in [9.17, 15) is 0 Å². The molecular weight excluding hydrogens is 482 g/mol. The van der Waals surface area contributed by atoms with Gasteiger partial charge in [0.2, 0.25) is 0 Å². The van der Waals surface area contributed by atoms with Gasteiger partial charge in [0, 0.05) is 5.69 Å².